The number of carbonyl (C=O) groups is 5. The third-order valence-corrected chi connectivity index (χ3v) is 4.17. The van der Waals surface area contributed by atoms with Crippen molar-refractivity contribution in [1.29, 1.82) is 0 Å². The number of aliphatic carboxylic acids is 1. The fourth-order valence-corrected chi connectivity index (χ4v) is 2.64. The van der Waals surface area contributed by atoms with Crippen molar-refractivity contribution in [3.63, 3.8) is 0 Å². The average Bonchev–Trinajstić information content (AvgIpc) is 2.58. The second-order valence-electron chi connectivity index (χ2n) is 8.23. The van der Waals surface area contributed by atoms with E-state index in [1.54, 1.807) is 0 Å². The first-order valence-electron chi connectivity index (χ1n) is 9.92. The Morgan fingerprint density at radius 2 is 1.17 bits per heavy atom. The second kappa shape index (κ2) is 12.8. The van der Waals surface area contributed by atoms with E-state index in [-0.39, 0.29) is 31.1 Å². The molecule has 0 aromatic rings. The van der Waals surface area contributed by atoms with E-state index in [0.717, 1.165) is 0 Å². The molecule has 172 valence electrons. The lowest BCUT2D eigenvalue weighted by atomic mass is 9.99. The maximum atomic E-state index is 12.8. The van der Waals surface area contributed by atoms with Crippen LogP contribution in [0.4, 0.5) is 0 Å². The molecule has 8 N–H and O–H groups in total. The molecule has 0 saturated carbocycles. The summed E-state index contributed by atoms with van der Waals surface area (Å²) in [6, 6.07) is -4.29. The number of primary amides is 1. The summed E-state index contributed by atoms with van der Waals surface area (Å²) in [7, 11) is 0. The van der Waals surface area contributed by atoms with E-state index in [1.807, 2.05) is 27.7 Å². The van der Waals surface area contributed by atoms with Crippen molar-refractivity contribution in [2.45, 2.75) is 78.0 Å². The van der Waals surface area contributed by atoms with Gasteiger partial charge in [0.2, 0.25) is 23.6 Å². The predicted molar refractivity (Wildman–Crippen MR) is 110 cm³/mol. The Kier molecular flexibility index (Phi) is 11.6. The number of rotatable bonds is 13. The minimum absolute atomic E-state index is 0.0258. The maximum Gasteiger partial charge on any atom is 0.325 e. The van der Waals surface area contributed by atoms with Crippen molar-refractivity contribution in [3.05, 3.63) is 0 Å². The Hall–Kier alpha value is -2.69. The van der Waals surface area contributed by atoms with Gasteiger partial charge < -0.3 is 32.5 Å². The molecule has 0 bridgehead atoms. The molecule has 0 radical (unpaired) electrons. The fourth-order valence-electron chi connectivity index (χ4n) is 2.64. The van der Waals surface area contributed by atoms with Crippen LogP contribution in [-0.4, -0.2) is 58.9 Å². The highest BCUT2D eigenvalue weighted by Gasteiger charge is 2.30. The van der Waals surface area contributed by atoms with Crippen molar-refractivity contribution in [2.75, 3.05) is 0 Å². The molecule has 0 aliphatic heterocycles. The van der Waals surface area contributed by atoms with Gasteiger partial charge in [0.15, 0.2) is 0 Å². The highest BCUT2D eigenvalue weighted by atomic mass is 16.4. The molecule has 0 rings (SSSR count). The highest BCUT2D eigenvalue weighted by Crippen LogP contribution is 2.09. The normalized spacial score (nSPS) is 15.1. The first-order valence-corrected chi connectivity index (χ1v) is 9.92. The molecule has 0 aromatic carbocycles. The fraction of sp³-hybridized carbons (Fsp3) is 0.737. The molecular formula is C19H35N5O6. The van der Waals surface area contributed by atoms with Crippen LogP contribution < -0.4 is 27.4 Å². The molecule has 11 nitrogen and oxygen atoms in total. The van der Waals surface area contributed by atoms with Crippen molar-refractivity contribution >= 4 is 29.6 Å². The Bertz CT molecular complexity index is 637. The van der Waals surface area contributed by atoms with Crippen LogP contribution in [-0.2, 0) is 24.0 Å². The third kappa shape index (κ3) is 10.7. The van der Waals surface area contributed by atoms with Crippen LogP contribution in [0.25, 0.3) is 0 Å². The lowest BCUT2D eigenvalue weighted by Gasteiger charge is -2.26. The van der Waals surface area contributed by atoms with Crippen LogP contribution >= 0.6 is 0 Å². The standard InChI is InChI=1S/C19H35N5O6/c1-9(2)6-13(17(27)22-11(5)19(29)30)24-18(28)14(7-10(3)4)23-16(26)12(20)8-15(21)25/h9-14H,6-8,20H2,1-5H3,(H2,21,25)(H,22,27)(H,23,26)(H,24,28)(H,29,30). The lowest BCUT2D eigenvalue weighted by Crippen LogP contribution is -2.57. The number of carbonyl (C=O) groups excluding carboxylic acids is 4. The molecule has 0 aliphatic carbocycles. The molecule has 4 amide bonds. The average molecular weight is 430 g/mol. The van der Waals surface area contributed by atoms with Gasteiger partial charge in [-0.1, -0.05) is 27.7 Å². The number of hydrogen-bond acceptors (Lipinski definition) is 6. The molecule has 4 unspecified atom stereocenters. The van der Waals surface area contributed by atoms with Crippen LogP contribution in [0.1, 0.15) is 53.9 Å². The Morgan fingerprint density at radius 1 is 0.767 bits per heavy atom. The number of amides is 4. The number of carboxylic acids is 1. The molecular weight excluding hydrogens is 394 g/mol. The van der Waals surface area contributed by atoms with E-state index in [2.05, 4.69) is 16.0 Å². The number of carboxylic acid groups (broad SMARTS) is 1. The van der Waals surface area contributed by atoms with Gasteiger partial charge in [-0.05, 0) is 31.6 Å². The molecule has 0 spiro atoms. The summed E-state index contributed by atoms with van der Waals surface area (Å²) < 4.78 is 0. The van der Waals surface area contributed by atoms with Crippen LogP contribution in [0.2, 0.25) is 0 Å². The Labute approximate surface area is 176 Å². The molecule has 0 aliphatic rings. The van der Waals surface area contributed by atoms with E-state index in [0.29, 0.717) is 0 Å². The lowest BCUT2D eigenvalue weighted by molar-refractivity contribution is -0.142. The van der Waals surface area contributed by atoms with Crippen LogP contribution in [0.5, 0.6) is 0 Å². The molecule has 4 atom stereocenters. The van der Waals surface area contributed by atoms with E-state index < -0.39 is 53.8 Å². The molecule has 0 fully saturated rings. The summed E-state index contributed by atoms with van der Waals surface area (Å²) in [6.07, 6.45) is 0.170. The second-order valence-corrected chi connectivity index (χ2v) is 8.23. The van der Waals surface area contributed by atoms with Gasteiger partial charge in [-0.15, -0.1) is 0 Å². The number of hydrogen-bond donors (Lipinski definition) is 6. The van der Waals surface area contributed by atoms with Crippen molar-refractivity contribution in [2.24, 2.45) is 23.3 Å². The van der Waals surface area contributed by atoms with Gasteiger partial charge in [-0.25, -0.2) is 0 Å². The largest absolute Gasteiger partial charge is 0.480 e. The Balaban J connectivity index is 5.36. The van der Waals surface area contributed by atoms with Gasteiger partial charge in [-0.2, -0.15) is 0 Å². The van der Waals surface area contributed by atoms with Crippen LogP contribution in [0.3, 0.4) is 0 Å². The molecule has 0 heterocycles. The molecule has 30 heavy (non-hydrogen) atoms. The minimum Gasteiger partial charge on any atom is -0.480 e. The molecule has 0 saturated heterocycles. The van der Waals surface area contributed by atoms with Gasteiger partial charge in [0.05, 0.1) is 12.5 Å². The summed E-state index contributed by atoms with van der Waals surface area (Å²) in [6.45, 7) is 8.72. The van der Waals surface area contributed by atoms with E-state index >= 15 is 0 Å². The zero-order chi connectivity index (χ0) is 23.6. The van der Waals surface area contributed by atoms with Gasteiger partial charge in [-0.3, -0.25) is 24.0 Å². The van der Waals surface area contributed by atoms with Crippen LogP contribution in [0, 0.1) is 11.8 Å². The zero-order valence-electron chi connectivity index (χ0n) is 18.2. The van der Waals surface area contributed by atoms with E-state index in [4.69, 9.17) is 16.6 Å². The van der Waals surface area contributed by atoms with E-state index in [9.17, 15) is 24.0 Å². The summed E-state index contributed by atoms with van der Waals surface area (Å²) in [5.41, 5.74) is 10.7. The van der Waals surface area contributed by atoms with Gasteiger partial charge in [0, 0.05) is 0 Å². The predicted octanol–water partition coefficient (Wildman–Crippen LogP) is -1.16. The van der Waals surface area contributed by atoms with E-state index in [1.165, 1.54) is 6.92 Å². The monoisotopic (exact) mass is 429 g/mol. The van der Waals surface area contributed by atoms with Gasteiger partial charge in [0.1, 0.15) is 18.1 Å². The minimum atomic E-state index is -1.20. The first kappa shape index (κ1) is 27.3. The summed E-state index contributed by atoms with van der Waals surface area (Å²) in [5.74, 6) is -3.84. The van der Waals surface area contributed by atoms with Gasteiger partial charge >= 0.3 is 5.97 Å². The van der Waals surface area contributed by atoms with Crippen molar-refractivity contribution < 1.29 is 29.1 Å². The zero-order valence-corrected chi connectivity index (χ0v) is 18.2. The number of nitrogens with one attached hydrogen (secondary N) is 3. The quantitative estimate of drug-likeness (QED) is 0.212. The third-order valence-electron chi connectivity index (χ3n) is 4.17. The molecule has 11 heteroatoms. The number of nitrogens with two attached hydrogens (primary N) is 2. The van der Waals surface area contributed by atoms with Crippen LogP contribution in [0.15, 0.2) is 0 Å². The smallest absolute Gasteiger partial charge is 0.325 e. The highest BCUT2D eigenvalue weighted by molar-refractivity contribution is 5.94. The molecule has 0 aromatic heterocycles. The van der Waals surface area contributed by atoms with Crippen molar-refractivity contribution in [3.8, 4) is 0 Å². The van der Waals surface area contributed by atoms with Crippen molar-refractivity contribution in [1.82, 2.24) is 16.0 Å². The summed E-state index contributed by atoms with van der Waals surface area (Å²) in [4.78, 5) is 59.5. The summed E-state index contributed by atoms with van der Waals surface area (Å²) in [5, 5.41) is 16.4. The topological polar surface area (TPSA) is 194 Å². The summed E-state index contributed by atoms with van der Waals surface area (Å²) >= 11 is 0. The Morgan fingerprint density at radius 3 is 1.53 bits per heavy atom. The maximum absolute atomic E-state index is 12.8. The van der Waals surface area contributed by atoms with Gasteiger partial charge in [0.25, 0.3) is 0 Å². The SMILES string of the molecule is CC(C)CC(NC(=O)C(N)CC(N)=O)C(=O)NC(CC(C)C)C(=O)NC(C)C(=O)O. The first-order chi connectivity index (χ1) is 13.7.